The van der Waals surface area contributed by atoms with E-state index in [1.165, 1.54) is 60.7 Å². The molecule has 0 saturated heterocycles. The van der Waals surface area contributed by atoms with Crippen LogP contribution in [0.15, 0.2) is 290 Å². The molecule has 2 aliphatic rings. The summed E-state index contributed by atoms with van der Waals surface area (Å²) < 4.78 is 363. The third-order valence-electron chi connectivity index (χ3n) is 15.5. The van der Waals surface area contributed by atoms with Crippen molar-refractivity contribution in [1.82, 2.24) is 28.7 Å². The summed E-state index contributed by atoms with van der Waals surface area (Å²) in [5, 5.41) is -6.63. The lowest BCUT2D eigenvalue weighted by molar-refractivity contribution is 0.953. The molecule has 2 unspecified atom stereocenters. The molecule has 2 atom stereocenters. The summed E-state index contributed by atoms with van der Waals surface area (Å²) >= 11 is 0. The van der Waals surface area contributed by atoms with Gasteiger partial charge in [0.15, 0.2) is 27.8 Å². The Hall–Kier alpha value is -10.5. The second-order valence-corrected chi connectivity index (χ2v) is 26.5. The molecule has 0 bridgehead atoms. The molecule has 0 amide bonds. The maximum Gasteiger partial charge on any atom is 0.238 e. The van der Waals surface area contributed by atoms with E-state index in [2.05, 4.69) is 0 Å². The van der Waals surface area contributed by atoms with Crippen LogP contribution in [-0.2, 0) is 0 Å². The molecule has 386 valence electrons. The summed E-state index contributed by atoms with van der Waals surface area (Å²) in [5.41, 5.74) is -6.16. The van der Waals surface area contributed by atoms with Crippen LogP contribution in [0.25, 0.3) is 106 Å². The summed E-state index contributed by atoms with van der Waals surface area (Å²) in [4.78, 5) is 14.5. The van der Waals surface area contributed by atoms with Crippen LogP contribution in [0.4, 0.5) is 0 Å². The first-order valence-electron chi connectivity index (χ1n) is 44.0. The van der Waals surface area contributed by atoms with Gasteiger partial charge in [0.05, 0.1) is 83.8 Å². The average molecular weight is 1130 g/mol. The second-order valence-electron chi connectivity index (χ2n) is 19.4. The lowest BCUT2D eigenvalue weighted by Gasteiger charge is -2.40. The smallest absolute Gasteiger partial charge is 0.238 e. The zero-order chi connectivity index (χ0) is 86.6. The quantitative estimate of drug-likeness (QED) is 0.149. The van der Waals surface area contributed by atoms with E-state index >= 15 is 0 Å². The molecule has 0 radical (unpaired) electrons. The van der Waals surface area contributed by atoms with Crippen molar-refractivity contribution < 1.29 is 50.7 Å². The van der Waals surface area contributed by atoms with Crippen molar-refractivity contribution in [2.75, 3.05) is 0 Å². The van der Waals surface area contributed by atoms with E-state index in [1.54, 1.807) is 0 Å². The summed E-state index contributed by atoms with van der Waals surface area (Å²) in [6.45, 7) is 0. The van der Waals surface area contributed by atoms with Crippen LogP contribution in [0.2, 0.25) is 0 Å². The van der Waals surface area contributed by atoms with Crippen LogP contribution in [0.5, 0.6) is 0 Å². The van der Waals surface area contributed by atoms with E-state index in [0.29, 0.717) is 4.57 Å². The topological polar surface area (TPSA) is 53.5 Å². The van der Waals surface area contributed by atoms with Gasteiger partial charge in [0.1, 0.15) is 0 Å². The molecule has 2 aliphatic heterocycles. The normalized spacial score (nSPS) is 22.3. The van der Waals surface area contributed by atoms with Gasteiger partial charge in [-0.25, -0.2) is 4.98 Å². The molecule has 83 heavy (non-hydrogen) atoms. The fraction of sp³-hybridized carbons (Fsp3) is 0. The van der Waals surface area contributed by atoms with Crippen molar-refractivity contribution in [3.8, 4) is 40.1 Å². The van der Waals surface area contributed by atoms with Gasteiger partial charge < -0.3 is 9.13 Å². The van der Waals surface area contributed by atoms with Gasteiger partial charge >= 0.3 is 0 Å². The maximum absolute atomic E-state index is 11.1. The lowest BCUT2D eigenvalue weighted by Crippen LogP contribution is -2.76. The molecule has 12 aromatic carbocycles. The van der Waals surface area contributed by atoms with Gasteiger partial charge in [-0.15, -0.1) is 0 Å². The van der Waals surface area contributed by atoms with Crippen molar-refractivity contribution >= 4 is 123 Å². The largest absolute Gasteiger partial charge is 0.309 e. The monoisotopic (exact) mass is 1130 g/mol. The molecular formula is C75H48N6Si2. The number of benzene rings is 12. The number of nitrogens with zero attached hydrogens (tertiary/aromatic N) is 6. The Labute approximate surface area is 532 Å². The van der Waals surface area contributed by atoms with Crippen molar-refractivity contribution in [3.05, 3.63) is 290 Å². The Bertz CT molecular complexity index is 7550. The molecule has 6 heterocycles. The van der Waals surface area contributed by atoms with Crippen molar-refractivity contribution in [1.29, 1.82) is 0 Å². The van der Waals surface area contributed by atoms with E-state index < -0.39 is 355 Å². The zero-order valence-corrected chi connectivity index (χ0v) is 44.0. The number of hydrogen-bond donors (Lipinski definition) is 0. The molecule has 16 aromatic rings. The number of rotatable bonds is 7. The van der Waals surface area contributed by atoms with Crippen molar-refractivity contribution in [2.45, 2.75) is 0 Å². The highest BCUT2D eigenvalue weighted by atomic mass is 28.3. The minimum absolute atomic E-state index is 0.0795. The Balaban J connectivity index is 1.07. The molecule has 4 aromatic heterocycles. The summed E-state index contributed by atoms with van der Waals surface area (Å²) in [5.74, 6) is -3.31. The third-order valence-corrected chi connectivity index (χ3v) is 24.3. The summed E-state index contributed by atoms with van der Waals surface area (Å²) in [6, 6.07) is -19.5. The predicted molar refractivity (Wildman–Crippen MR) is 348 cm³/mol. The van der Waals surface area contributed by atoms with Gasteiger partial charge in [0.2, 0.25) is 5.95 Å². The van der Waals surface area contributed by atoms with E-state index in [4.69, 9.17) is 25.9 Å². The van der Waals surface area contributed by atoms with Crippen LogP contribution in [-0.4, -0.2) is 44.8 Å². The molecular weight excluding hydrogens is 1040 g/mol. The maximum atomic E-state index is 11.1. The zero-order valence-electron chi connectivity index (χ0n) is 79.0. The molecule has 6 nitrogen and oxygen atoms in total. The van der Waals surface area contributed by atoms with Gasteiger partial charge in [-0.3, -0.25) is 4.57 Å². The second kappa shape index (κ2) is 17.5. The van der Waals surface area contributed by atoms with Crippen LogP contribution in [0.1, 0.15) is 50.7 Å². The molecule has 0 N–H and O–H groups in total. The van der Waals surface area contributed by atoms with Crippen LogP contribution >= 0.6 is 0 Å². The highest BCUT2D eigenvalue weighted by Crippen LogP contribution is 2.38. The molecule has 8 heteroatoms. The van der Waals surface area contributed by atoms with Gasteiger partial charge in [-0.1, -0.05) is 254 Å². The minimum atomic E-state index is -5.75. The fourth-order valence-corrected chi connectivity index (χ4v) is 21.3. The third kappa shape index (κ3) is 6.22. The predicted octanol–water partition coefficient (Wildman–Crippen LogP) is 11.9. The minimum Gasteiger partial charge on any atom is -0.309 e. The van der Waals surface area contributed by atoms with Crippen LogP contribution in [0, 0.1) is 0 Å². The highest BCUT2D eigenvalue weighted by Gasteiger charge is 2.49. The molecule has 0 fully saturated rings. The Morgan fingerprint density at radius 3 is 1.19 bits per heavy atom. The van der Waals surface area contributed by atoms with Gasteiger partial charge in [-0.2, -0.15) is 9.97 Å². The Kier molecular flexibility index (Phi) is 4.88. The van der Waals surface area contributed by atoms with Crippen LogP contribution < -0.4 is 41.5 Å². The van der Waals surface area contributed by atoms with E-state index in [0.717, 1.165) is 15.2 Å². The van der Waals surface area contributed by atoms with E-state index in [9.17, 15) is 39.8 Å². The molecule has 0 saturated carbocycles. The lowest BCUT2D eigenvalue weighted by atomic mass is 10.1. The highest BCUT2D eigenvalue weighted by molar-refractivity contribution is 7.22. The molecule has 18 rings (SSSR count). The summed E-state index contributed by atoms with van der Waals surface area (Å²) in [7, 11) is -11.4. The fourth-order valence-electron chi connectivity index (χ4n) is 12.3. The molecule has 0 aliphatic carbocycles. The van der Waals surface area contributed by atoms with E-state index in [-0.39, 0.29) is 32.2 Å². The van der Waals surface area contributed by atoms with Gasteiger partial charge in [-0.05, 0) is 77.8 Å². The number of hydrogen-bond acceptors (Lipinski definition) is 3. The Morgan fingerprint density at radius 1 is 0.289 bits per heavy atom. The SMILES string of the molecule is [2H]c1cc2c(c([2H])c1[2H])c1c([2H])c([2H])c([2H])c3c1n2-c1c([2H])c([2H])c([2H])c([2H])c1[Si]3(c1ccccc1)c1c([2H])c([2H])c([2H])c(-c2nc(-c3c([2H])c([2H])c([2H])c([Si]4(c5ccccc5)c5c([2H])c([2H])c([2H])c([2H])c5-n5c6c([2H])c([2H])c([2H])c([2H])c6c6c([2H])c([2H])c([2H])c4c65)c3[2H])nc(-n3c4c([2H])c([2H])c([2H])c([2H])c4c4c([2H])c([2H])c([2H])c([2H])c43)n2)c1[2H]. The number of fused-ring (bicyclic) bond motifs is 13. The van der Waals surface area contributed by atoms with Crippen molar-refractivity contribution in [2.24, 2.45) is 0 Å². The van der Waals surface area contributed by atoms with E-state index in [1.807, 2.05) is 0 Å². The van der Waals surface area contributed by atoms with Gasteiger partial charge in [0.25, 0.3) is 0 Å². The van der Waals surface area contributed by atoms with Crippen molar-refractivity contribution in [3.63, 3.8) is 0 Å². The molecule has 0 spiro atoms. The first-order chi connectivity index (χ1) is 56.6. The van der Waals surface area contributed by atoms with Gasteiger partial charge in [0, 0.05) is 54.8 Å². The first-order valence-corrected chi connectivity index (χ1v) is 29.5. The standard InChI is InChI=1S/C75H48N6Si2/c1-3-25-51(26-4-1)82(67-43-17-15-41-65(67)79-61-37-11-9-33-57(61)59-35-21-45-69(82)71(59)79)53-29-19-23-49(47-53)73-76-74(78-75(77-73)81-63-39-13-7-31-55(63)56-32-8-14-40-64(56)81)50-24-20-30-54(48-50)83(52-27-5-2-6-28-52)68-44-18-16-42-66(68)80-62-38-12-10-34-58(62)60-36-22-46-70(83)72(60)80/h1-48H/i7D,8D,9D,10D,11D,12D,13D,14D,15D,16D,17D,18D,19D,20D,21D,22D,23D,24D,29D,30D,31D,32D,33D,34D,35D,36D,37D,39D,40D,41D,42D,43D,44D,45D,46D,47D,48D. The summed E-state index contributed by atoms with van der Waals surface area (Å²) in [6.07, 6.45) is 0. The number of aromatic nitrogens is 6. The Morgan fingerprint density at radius 2 is 0.675 bits per heavy atom. The number of para-hydroxylation sites is 8. The first kappa shape index (κ1) is 23.2. The van der Waals surface area contributed by atoms with Crippen LogP contribution in [0.3, 0.4) is 0 Å². The average Bonchev–Trinajstić information content (AvgIpc) is 1.35.